The molecule has 0 fully saturated rings. The number of rotatable bonds is 10. The van der Waals surface area contributed by atoms with Crippen molar-refractivity contribution in [1.82, 2.24) is 20.1 Å². The van der Waals surface area contributed by atoms with Crippen LogP contribution in [0.3, 0.4) is 0 Å². The van der Waals surface area contributed by atoms with Gasteiger partial charge in [-0.1, -0.05) is 18.2 Å². The molecule has 0 radical (unpaired) electrons. The van der Waals surface area contributed by atoms with Crippen LogP contribution >= 0.6 is 0 Å². The van der Waals surface area contributed by atoms with Gasteiger partial charge in [0.25, 0.3) is 0 Å². The van der Waals surface area contributed by atoms with Crippen molar-refractivity contribution in [3.05, 3.63) is 66.6 Å². The maximum atomic E-state index is 5.09. The molecule has 0 unspecified atom stereocenters. The summed E-state index contributed by atoms with van der Waals surface area (Å²) >= 11 is 0. The zero-order valence-corrected chi connectivity index (χ0v) is 15.3. The van der Waals surface area contributed by atoms with Crippen LogP contribution in [0.4, 0.5) is 0 Å². The molecular formula is C21H26N4O. The number of ether oxygens (including phenoxy) is 1. The molecule has 0 aliphatic carbocycles. The van der Waals surface area contributed by atoms with Crippen molar-refractivity contribution in [3.63, 3.8) is 0 Å². The van der Waals surface area contributed by atoms with E-state index in [2.05, 4.69) is 28.6 Å². The minimum atomic E-state index is 0.800. The number of hydrogen-bond acceptors (Lipinski definition) is 4. The zero-order chi connectivity index (χ0) is 18.0. The maximum absolute atomic E-state index is 5.09. The van der Waals surface area contributed by atoms with Gasteiger partial charge < -0.3 is 10.1 Å². The summed E-state index contributed by atoms with van der Waals surface area (Å²) in [6.07, 6.45) is 9.19. The van der Waals surface area contributed by atoms with Crippen LogP contribution in [-0.2, 0) is 11.3 Å². The lowest BCUT2D eigenvalue weighted by Crippen LogP contribution is -2.15. The molecule has 0 aliphatic heterocycles. The number of nitrogens with one attached hydrogen (secondary N) is 1. The number of hydrogen-bond donors (Lipinski definition) is 1. The summed E-state index contributed by atoms with van der Waals surface area (Å²) < 4.78 is 7.04. The zero-order valence-electron chi connectivity index (χ0n) is 15.3. The molecule has 0 amide bonds. The van der Waals surface area contributed by atoms with Crippen LogP contribution in [0.15, 0.2) is 61.1 Å². The first-order valence-corrected chi connectivity index (χ1v) is 9.12. The molecule has 3 aromatic rings. The second-order valence-electron chi connectivity index (χ2n) is 6.25. The van der Waals surface area contributed by atoms with Gasteiger partial charge in [0.15, 0.2) is 0 Å². The van der Waals surface area contributed by atoms with E-state index >= 15 is 0 Å². The van der Waals surface area contributed by atoms with Crippen LogP contribution in [0, 0.1) is 0 Å². The van der Waals surface area contributed by atoms with E-state index in [0.717, 1.165) is 49.5 Å². The molecular weight excluding hydrogens is 324 g/mol. The average molecular weight is 350 g/mol. The Morgan fingerprint density at radius 2 is 1.81 bits per heavy atom. The Bertz CT molecular complexity index is 771. The van der Waals surface area contributed by atoms with E-state index in [1.54, 1.807) is 7.11 Å². The highest BCUT2D eigenvalue weighted by molar-refractivity contribution is 5.62. The molecule has 136 valence electrons. The summed E-state index contributed by atoms with van der Waals surface area (Å²) in [5, 5.41) is 8.37. The second-order valence-corrected chi connectivity index (χ2v) is 6.25. The lowest BCUT2D eigenvalue weighted by atomic mass is 10.1. The van der Waals surface area contributed by atoms with E-state index in [4.69, 9.17) is 9.84 Å². The van der Waals surface area contributed by atoms with Gasteiger partial charge in [-0.3, -0.25) is 4.98 Å². The molecule has 0 aliphatic rings. The number of pyridine rings is 1. The highest BCUT2D eigenvalue weighted by Gasteiger charge is 2.11. The molecule has 5 heteroatoms. The van der Waals surface area contributed by atoms with Crippen LogP contribution < -0.4 is 5.32 Å². The second kappa shape index (κ2) is 9.85. The van der Waals surface area contributed by atoms with Crippen molar-refractivity contribution in [1.29, 1.82) is 0 Å². The third-order valence-corrected chi connectivity index (χ3v) is 4.28. The fraction of sp³-hybridized carbons (Fsp3) is 0.333. The first kappa shape index (κ1) is 18.3. The Morgan fingerprint density at radius 1 is 1.00 bits per heavy atom. The maximum Gasteiger partial charge on any atom is 0.0973 e. The Kier molecular flexibility index (Phi) is 6.93. The van der Waals surface area contributed by atoms with Crippen LogP contribution in [0.5, 0.6) is 0 Å². The summed E-state index contributed by atoms with van der Waals surface area (Å²) in [5.41, 5.74) is 4.35. The number of methoxy groups -OCH3 is 1. The first-order valence-electron chi connectivity index (χ1n) is 9.12. The Balaban J connectivity index is 1.70. The lowest BCUT2D eigenvalue weighted by molar-refractivity contribution is 0.192. The smallest absolute Gasteiger partial charge is 0.0973 e. The van der Waals surface area contributed by atoms with Crippen molar-refractivity contribution >= 4 is 0 Å². The minimum Gasteiger partial charge on any atom is -0.385 e. The fourth-order valence-electron chi connectivity index (χ4n) is 2.90. The minimum absolute atomic E-state index is 0.800. The van der Waals surface area contributed by atoms with Crippen molar-refractivity contribution in [2.45, 2.75) is 25.8 Å². The van der Waals surface area contributed by atoms with E-state index in [1.165, 1.54) is 12.0 Å². The van der Waals surface area contributed by atoms with Crippen molar-refractivity contribution in [2.75, 3.05) is 20.3 Å². The number of benzene rings is 1. The largest absolute Gasteiger partial charge is 0.385 e. The molecule has 3 rings (SSSR count). The quantitative estimate of drug-likeness (QED) is 0.565. The normalized spacial score (nSPS) is 11.0. The van der Waals surface area contributed by atoms with Gasteiger partial charge in [0.1, 0.15) is 0 Å². The van der Waals surface area contributed by atoms with Crippen LogP contribution in [0.1, 0.15) is 24.8 Å². The van der Waals surface area contributed by atoms with Gasteiger partial charge in [-0.25, -0.2) is 4.68 Å². The molecule has 0 saturated heterocycles. The van der Waals surface area contributed by atoms with Crippen LogP contribution in [0.25, 0.3) is 16.9 Å². The number of para-hydroxylation sites is 1. The van der Waals surface area contributed by atoms with E-state index in [1.807, 2.05) is 47.4 Å². The third kappa shape index (κ3) is 5.00. The average Bonchev–Trinajstić information content (AvgIpc) is 3.13. The van der Waals surface area contributed by atoms with E-state index in [-0.39, 0.29) is 0 Å². The molecule has 5 nitrogen and oxygen atoms in total. The van der Waals surface area contributed by atoms with Gasteiger partial charge >= 0.3 is 0 Å². The van der Waals surface area contributed by atoms with Crippen molar-refractivity contribution < 1.29 is 4.74 Å². The molecule has 0 spiro atoms. The van der Waals surface area contributed by atoms with Crippen molar-refractivity contribution in [2.24, 2.45) is 0 Å². The van der Waals surface area contributed by atoms with Gasteiger partial charge in [-0.05, 0) is 50.1 Å². The first-order chi connectivity index (χ1) is 12.9. The molecule has 0 bridgehead atoms. The number of aromatic nitrogens is 3. The summed E-state index contributed by atoms with van der Waals surface area (Å²) in [5.74, 6) is 0. The summed E-state index contributed by atoms with van der Waals surface area (Å²) in [6.45, 7) is 2.64. The Morgan fingerprint density at radius 3 is 2.58 bits per heavy atom. The lowest BCUT2D eigenvalue weighted by Gasteiger charge is -2.05. The summed E-state index contributed by atoms with van der Waals surface area (Å²) in [7, 11) is 1.75. The fourth-order valence-corrected chi connectivity index (χ4v) is 2.90. The molecule has 0 saturated carbocycles. The van der Waals surface area contributed by atoms with Gasteiger partial charge in [0.05, 0.1) is 11.4 Å². The summed E-state index contributed by atoms with van der Waals surface area (Å²) in [4.78, 5) is 4.12. The topological polar surface area (TPSA) is 52.0 Å². The highest BCUT2D eigenvalue weighted by atomic mass is 16.5. The van der Waals surface area contributed by atoms with Gasteiger partial charge in [-0.15, -0.1) is 0 Å². The summed E-state index contributed by atoms with van der Waals surface area (Å²) in [6, 6.07) is 14.2. The number of unbranched alkanes of at least 4 members (excludes halogenated alkanes) is 2. The van der Waals surface area contributed by atoms with Crippen molar-refractivity contribution in [3.8, 4) is 16.9 Å². The number of nitrogens with zero attached hydrogens (tertiary/aromatic N) is 3. The SMILES string of the molecule is COCCCCCNCc1cn(-c2ccccc2)nc1-c1ccncc1. The van der Waals surface area contributed by atoms with Gasteiger partial charge in [0.2, 0.25) is 0 Å². The predicted molar refractivity (Wildman–Crippen MR) is 104 cm³/mol. The van der Waals surface area contributed by atoms with Crippen LogP contribution in [-0.4, -0.2) is 35.0 Å². The van der Waals surface area contributed by atoms with Gasteiger partial charge in [-0.2, -0.15) is 5.10 Å². The van der Waals surface area contributed by atoms with Gasteiger partial charge in [0, 0.05) is 50.0 Å². The van der Waals surface area contributed by atoms with E-state index in [0.29, 0.717) is 0 Å². The molecule has 2 aromatic heterocycles. The van der Waals surface area contributed by atoms with E-state index in [9.17, 15) is 0 Å². The standard InChI is InChI=1S/C21H26N4O/c1-26-15-7-3-6-12-23-16-19-17-25(20-8-4-2-5-9-20)24-21(19)18-10-13-22-14-11-18/h2,4-5,8-11,13-14,17,23H,3,6-7,12,15-16H2,1H3. The molecule has 26 heavy (non-hydrogen) atoms. The highest BCUT2D eigenvalue weighted by Crippen LogP contribution is 2.23. The predicted octanol–water partition coefficient (Wildman–Crippen LogP) is 3.84. The molecule has 1 N–H and O–H groups in total. The Labute approximate surface area is 155 Å². The monoisotopic (exact) mass is 350 g/mol. The third-order valence-electron chi connectivity index (χ3n) is 4.28. The van der Waals surface area contributed by atoms with E-state index < -0.39 is 0 Å². The molecule has 0 atom stereocenters. The molecule has 1 aromatic carbocycles. The Hall–Kier alpha value is -2.50. The molecule has 2 heterocycles. The van der Waals surface area contributed by atoms with Crippen LogP contribution in [0.2, 0.25) is 0 Å².